The van der Waals surface area contributed by atoms with Crippen molar-refractivity contribution in [1.82, 2.24) is 0 Å². The first-order valence-corrected chi connectivity index (χ1v) is 6.63. The van der Waals surface area contributed by atoms with E-state index >= 15 is 0 Å². The molecule has 2 aromatic rings. The molecule has 0 heterocycles. The molecule has 0 aromatic heterocycles. The van der Waals surface area contributed by atoms with Crippen LogP contribution in [0.15, 0.2) is 65.7 Å². The van der Waals surface area contributed by atoms with Gasteiger partial charge in [-0.15, -0.1) is 0 Å². The number of esters is 1. The number of hydrogen-bond acceptors (Lipinski definition) is 2. The highest BCUT2D eigenvalue weighted by Crippen LogP contribution is 2.28. The van der Waals surface area contributed by atoms with Crippen LogP contribution in [-0.2, 0) is 16.1 Å². The Morgan fingerprint density at radius 3 is 2.74 bits per heavy atom. The van der Waals surface area contributed by atoms with Crippen LogP contribution in [0.1, 0.15) is 5.56 Å². The molecule has 2 rings (SSSR count). The Morgan fingerprint density at radius 2 is 2.00 bits per heavy atom. The second kappa shape index (κ2) is 6.34. The van der Waals surface area contributed by atoms with Crippen molar-refractivity contribution in [3.8, 4) is 11.1 Å². The van der Waals surface area contributed by atoms with Gasteiger partial charge in [-0.2, -0.15) is 0 Å². The molecule has 19 heavy (non-hydrogen) atoms. The lowest BCUT2D eigenvalue weighted by molar-refractivity contribution is -0.138. The van der Waals surface area contributed by atoms with Crippen LogP contribution in [0.25, 0.3) is 11.1 Å². The first kappa shape index (κ1) is 13.6. The van der Waals surface area contributed by atoms with Crippen LogP contribution in [0.4, 0.5) is 0 Å². The third-order valence-electron chi connectivity index (χ3n) is 2.66. The lowest BCUT2D eigenvalue weighted by Gasteiger charge is -2.07. The van der Waals surface area contributed by atoms with Gasteiger partial charge in [0.25, 0.3) is 0 Å². The minimum absolute atomic E-state index is 0.253. The molecule has 0 saturated carbocycles. The summed E-state index contributed by atoms with van der Waals surface area (Å²) in [6.45, 7) is 3.62. The molecule has 0 aliphatic carbocycles. The highest BCUT2D eigenvalue weighted by molar-refractivity contribution is 9.10. The number of hydrogen-bond donors (Lipinski definition) is 0. The number of carbonyl (C=O) groups excluding carboxylic acids is 1. The molecule has 0 saturated heterocycles. The van der Waals surface area contributed by atoms with Crippen LogP contribution in [0.2, 0.25) is 0 Å². The van der Waals surface area contributed by atoms with Gasteiger partial charge >= 0.3 is 5.97 Å². The van der Waals surface area contributed by atoms with E-state index in [1.807, 2.05) is 48.5 Å². The molecule has 3 heteroatoms. The summed E-state index contributed by atoms with van der Waals surface area (Å²) in [7, 11) is 0. The molecule has 0 spiro atoms. The maximum absolute atomic E-state index is 11.0. The van der Waals surface area contributed by atoms with Crippen molar-refractivity contribution < 1.29 is 9.53 Å². The van der Waals surface area contributed by atoms with Crippen molar-refractivity contribution in [3.05, 3.63) is 71.2 Å². The fraction of sp³-hybridized carbons (Fsp3) is 0.0625. The molecule has 0 fully saturated rings. The molecule has 0 bridgehead atoms. The van der Waals surface area contributed by atoms with Crippen molar-refractivity contribution >= 4 is 21.9 Å². The lowest BCUT2D eigenvalue weighted by atomic mass is 10.0. The number of halogens is 1. The summed E-state index contributed by atoms with van der Waals surface area (Å²) < 4.78 is 6.07. The molecular weight excluding hydrogens is 304 g/mol. The lowest BCUT2D eigenvalue weighted by Crippen LogP contribution is -2.00. The van der Waals surface area contributed by atoms with Crippen LogP contribution in [0, 0.1) is 0 Å². The molecule has 2 nitrogen and oxygen atoms in total. The Morgan fingerprint density at radius 1 is 1.21 bits per heavy atom. The minimum Gasteiger partial charge on any atom is -0.458 e. The highest BCUT2D eigenvalue weighted by Gasteiger charge is 2.04. The zero-order chi connectivity index (χ0) is 13.7. The fourth-order valence-electron chi connectivity index (χ4n) is 1.74. The van der Waals surface area contributed by atoms with E-state index in [4.69, 9.17) is 4.74 Å². The Bertz CT molecular complexity index is 605. The van der Waals surface area contributed by atoms with E-state index in [1.165, 1.54) is 0 Å². The average Bonchev–Trinajstić information content (AvgIpc) is 2.45. The van der Waals surface area contributed by atoms with Crippen LogP contribution in [0.3, 0.4) is 0 Å². The van der Waals surface area contributed by atoms with E-state index in [9.17, 15) is 4.79 Å². The maximum Gasteiger partial charge on any atom is 0.330 e. The van der Waals surface area contributed by atoms with Crippen molar-refractivity contribution in [2.24, 2.45) is 0 Å². The molecule has 0 aliphatic rings. The van der Waals surface area contributed by atoms with Gasteiger partial charge in [0.1, 0.15) is 6.61 Å². The summed E-state index contributed by atoms with van der Waals surface area (Å²) in [5.74, 6) is -0.411. The summed E-state index contributed by atoms with van der Waals surface area (Å²) in [5, 5.41) is 0. The van der Waals surface area contributed by atoms with Crippen molar-refractivity contribution in [3.63, 3.8) is 0 Å². The normalized spacial score (nSPS) is 9.95. The van der Waals surface area contributed by atoms with Gasteiger partial charge in [-0.1, -0.05) is 58.9 Å². The SMILES string of the molecule is C=CC(=O)OCc1cccc(-c2ccccc2Br)c1. The smallest absolute Gasteiger partial charge is 0.330 e. The van der Waals surface area contributed by atoms with Gasteiger partial charge in [0.15, 0.2) is 0 Å². The molecule has 0 unspecified atom stereocenters. The molecule has 2 aromatic carbocycles. The fourth-order valence-corrected chi connectivity index (χ4v) is 2.25. The predicted molar refractivity (Wildman–Crippen MR) is 79.6 cm³/mol. The van der Waals surface area contributed by atoms with Crippen LogP contribution in [0.5, 0.6) is 0 Å². The van der Waals surface area contributed by atoms with Gasteiger partial charge in [0.2, 0.25) is 0 Å². The quantitative estimate of drug-likeness (QED) is 0.619. The van der Waals surface area contributed by atoms with E-state index in [-0.39, 0.29) is 6.61 Å². The monoisotopic (exact) mass is 316 g/mol. The summed E-state index contributed by atoms with van der Waals surface area (Å²) >= 11 is 3.53. The number of ether oxygens (including phenoxy) is 1. The number of carbonyl (C=O) groups is 1. The van der Waals surface area contributed by atoms with Gasteiger partial charge in [0.05, 0.1) is 0 Å². The van der Waals surface area contributed by atoms with E-state index in [2.05, 4.69) is 22.5 Å². The standard InChI is InChI=1S/C16H13BrO2/c1-2-16(18)19-11-12-6-5-7-13(10-12)14-8-3-4-9-15(14)17/h2-10H,1,11H2. The molecule has 0 aliphatic heterocycles. The molecule has 0 amide bonds. The third-order valence-corrected chi connectivity index (χ3v) is 3.35. The van der Waals surface area contributed by atoms with E-state index in [0.29, 0.717) is 0 Å². The second-order valence-electron chi connectivity index (χ2n) is 3.99. The summed E-state index contributed by atoms with van der Waals surface area (Å²) in [5.41, 5.74) is 3.14. The number of benzene rings is 2. The molecule has 0 radical (unpaired) electrons. The molecular formula is C16H13BrO2. The van der Waals surface area contributed by atoms with E-state index in [1.54, 1.807) is 0 Å². The minimum atomic E-state index is -0.411. The molecule has 0 N–H and O–H groups in total. The van der Waals surface area contributed by atoms with Crippen molar-refractivity contribution in [1.29, 1.82) is 0 Å². The van der Waals surface area contributed by atoms with Gasteiger partial charge < -0.3 is 4.74 Å². The zero-order valence-corrected chi connectivity index (χ0v) is 11.9. The Hall–Kier alpha value is -1.87. The topological polar surface area (TPSA) is 26.3 Å². The molecule has 0 atom stereocenters. The summed E-state index contributed by atoms with van der Waals surface area (Å²) in [4.78, 5) is 11.0. The zero-order valence-electron chi connectivity index (χ0n) is 10.3. The largest absolute Gasteiger partial charge is 0.458 e. The van der Waals surface area contributed by atoms with Gasteiger partial charge in [-0.3, -0.25) is 0 Å². The van der Waals surface area contributed by atoms with E-state index < -0.39 is 5.97 Å². The van der Waals surface area contributed by atoms with Crippen molar-refractivity contribution in [2.75, 3.05) is 0 Å². The second-order valence-corrected chi connectivity index (χ2v) is 4.85. The van der Waals surface area contributed by atoms with Crippen LogP contribution in [-0.4, -0.2) is 5.97 Å². The Labute approximate surface area is 120 Å². The average molecular weight is 317 g/mol. The van der Waals surface area contributed by atoms with Gasteiger partial charge in [0, 0.05) is 10.5 Å². The predicted octanol–water partition coefficient (Wildman–Crippen LogP) is 4.35. The highest BCUT2D eigenvalue weighted by atomic mass is 79.9. The number of rotatable bonds is 4. The Kier molecular flexibility index (Phi) is 4.53. The van der Waals surface area contributed by atoms with Gasteiger partial charge in [-0.25, -0.2) is 4.79 Å². The summed E-state index contributed by atoms with van der Waals surface area (Å²) in [6, 6.07) is 15.9. The third kappa shape index (κ3) is 3.55. The van der Waals surface area contributed by atoms with Crippen molar-refractivity contribution in [2.45, 2.75) is 6.61 Å². The van der Waals surface area contributed by atoms with Crippen LogP contribution < -0.4 is 0 Å². The van der Waals surface area contributed by atoms with Crippen LogP contribution >= 0.6 is 15.9 Å². The Balaban J connectivity index is 2.22. The van der Waals surface area contributed by atoms with E-state index in [0.717, 1.165) is 27.2 Å². The van der Waals surface area contributed by atoms with Gasteiger partial charge in [-0.05, 0) is 28.8 Å². The maximum atomic E-state index is 11.0. The first-order chi connectivity index (χ1) is 9.20. The summed E-state index contributed by atoms with van der Waals surface area (Å²) in [6.07, 6.45) is 1.16. The first-order valence-electron chi connectivity index (χ1n) is 5.84. The molecule has 96 valence electrons.